The zero-order chi connectivity index (χ0) is 21.3. The number of rotatable bonds is 11. The van der Waals surface area contributed by atoms with E-state index in [0.717, 1.165) is 30.3 Å². The van der Waals surface area contributed by atoms with Crippen molar-refractivity contribution in [3.63, 3.8) is 0 Å². The van der Waals surface area contributed by atoms with E-state index in [4.69, 9.17) is 9.47 Å². The molecule has 1 N–H and O–H groups in total. The van der Waals surface area contributed by atoms with Crippen LogP contribution in [0.2, 0.25) is 0 Å². The number of ether oxygens (including phenoxy) is 2. The molecular weight excluding hydrogens is 364 g/mol. The minimum atomic E-state index is -0.815. The molecule has 1 aromatic rings. The average Bonchev–Trinajstić information content (AvgIpc) is 2.67. The van der Waals surface area contributed by atoms with Crippen molar-refractivity contribution in [2.24, 2.45) is 11.8 Å². The predicted molar refractivity (Wildman–Crippen MR) is 120 cm³/mol. The molecule has 1 aliphatic rings. The fourth-order valence-corrected chi connectivity index (χ4v) is 4.00. The second-order valence-electron chi connectivity index (χ2n) is 9.05. The molecule has 1 aliphatic heterocycles. The fourth-order valence-electron chi connectivity index (χ4n) is 4.00. The molecular formula is C24H40N2O3. The maximum atomic E-state index is 12.9. The van der Waals surface area contributed by atoms with Crippen LogP contribution in [0.25, 0.3) is 0 Å². The number of nitrogens with zero attached hydrogens (tertiary/aromatic N) is 1. The average molecular weight is 405 g/mol. The number of piperidine rings is 1. The van der Waals surface area contributed by atoms with Gasteiger partial charge in [0.25, 0.3) is 5.91 Å². The van der Waals surface area contributed by atoms with Crippen molar-refractivity contribution in [2.45, 2.75) is 65.9 Å². The van der Waals surface area contributed by atoms with Crippen molar-refractivity contribution in [3.8, 4) is 5.75 Å². The molecule has 0 spiro atoms. The molecule has 0 aromatic heterocycles. The van der Waals surface area contributed by atoms with Gasteiger partial charge in [-0.2, -0.15) is 0 Å². The van der Waals surface area contributed by atoms with E-state index in [1.54, 1.807) is 0 Å². The van der Waals surface area contributed by atoms with Crippen molar-refractivity contribution < 1.29 is 14.3 Å². The molecule has 1 fully saturated rings. The van der Waals surface area contributed by atoms with Crippen LogP contribution in [-0.4, -0.2) is 49.3 Å². The topological polar surface area (TPSA) is 50.8 Å². The lowest BCUT2D eigenvalue weighted by molar-refractivity contribution is -0.141. The summed E-state index contributed by atoms with van der Waals surface area (Å²) < 4.78 is 11.8. The number of benzene rings is 1. The molecule has 1 heterocycles. The van der Waals surface area contributed by atoms with E-state index in [2.05, 4.69) is 37.9 Å². The summed E-state index contributed by atoms with van der Waals surface area (Å²) in [7, 11) is 0. The summed E-state index contributed by atoms with van der Waals surface area (Å²) in [6.45, 7) is 15.1. The van der Waals surface area contributed by atoms with Crippen molar-refractivity contribution in [2.75, 3.05) is 38.2 Å². The summed E-state index contributed by atoms with van der Waals surface area (Å²) in [6, 6.07) is 7.62. The second kappa shape index (κ2) is 11.6. The number of amides is 1. The molecule has 2 rings (SSSR count). The lowest BCUT2D eigenvalue weighted by Crippen LogP contribution is -2.44. The third-order valence-corrected chi connectivity index (χ3v) is 5.43. The van der Waals surface area contributed by atoms with Gasteiger partial charge < -0.3 is 14.8 Å². The van der Waals surface area contributed by atoms with Gasteiger partial charge in [-0.25, -0.2) is 0 Å². The second-order valence-corrected chi connectivity index (χ2v) is 9.05. The van der Waals surface area contributed by atoms with Gasteiger partial charge in [0.05, 0.1) is 0 Å². The number of carbonyl (C=O) groups is 1. The third kappa shape index (κ3) is 7.98. The molecule has 5 heteroatoms. The molecule has 164 valence electrons. The van der Waals surface area contributed by atoms with Gasteiger partial charge in [0, 0.05) is 25.4 Å². The Kier molecular flexibility index (Phi) is 9.44. The Morgan fingerprint density at radius 3 is 2.62 bits per heavy atom. The van der Waals surface area contributed by atoms with E-state index in [1.165, 1.54) is 25.9 Å². The van der Waals surface area contributed by atoms with Crippen LogP contribution in [0, 0.1) is 11.8 Å². The number of likely N-dealkylation sites (tertiary alicyclic amines) is 1. The van der Waals surface area contributed by atoms with Crippen LogP contribution < -0.4 is 10.1 Å². The molecule has 29 heavy (non-hydrogen) atoms. The molecule has 1 saturated heterocycles. The van der Waals surface area contributed by atoms with Crippen LogP contribution >= 0.6 is 0 Å². The summed E-state index contributed by atoms with van der Waals surface area (Å²) in [4.78, 5) is 15.3. The first-order valence-corrected chi connectivity index (χ1v) is 11.2. The van der Waals surface area contributed by atoms with Crippen LogP contribution in [0.5, 0.6) is 5.75 Å². The Labute approximate surface area is 177 Å². The first kappa shape index (κ1) is 23.7. The van der Waals surface area contributed by atoms with E-state index >= 15 is 0 Å². The van der Waals surface area contributed by atoms with Gasteiger partial charge in [0.1, 0.15) is 18.0 Å². The predicted octanol–water partition coefficient (Wildman–Crippen LogP) is 4.97. The Morgan fingerprint density at radius 1 is 1.28 bits per heavy atom. The number of hydrogen-bond donors (Lipinski definition) is 1. The lowest BCUT2D eigenvalue weighted by Gasteiger charge is -2.30. The third-order valence-electron chi connectivity index (χ3n) is 5.43. The van der Waals surface area contributed by atoms with Crippen LogP contribution in [0.15, 0.2) is 24.3 Å². The Balaban J connectivity index is 1.84. The lowest BCUT2D eigenvalue weighted by atomic mass is 9.93. The molecule has 2 atom stereocenters. The summed E-state index contributed by atoms with van der Waals surface area (Å²) in [6.07, 6.45) is 4.20. The highest BCUT2D eigenvalue weighted by atomic mass is 16.5. The zero-order valence-corrected chi connectivity index (χ0v) is 19.0. The van der Waals surface area contributed by atoms with Crippen molar-refractivity contribution in [1.82, 2.24) is 4.90 Å². The standard InChI is InChI=1S/C24H40N2O3/c1-6-15-29-24(5,17-19(2)3)23(27)25-21-9-11-22(12-10-21)28-16-14-26-13-7-8-20(4)18-26/h9-12,19-20H,6-8,13-18H2,1-5H3,(H,25,27). The number of hydrogen-bond acceptors (Lipinski definition) is 4. The van der Waals surface area contributed by atoms with Crippen LogP contribution in [0.1, 0.15) is 60.3 Å². The molecule has 1 aromatic carbocycles. The molecule has 2 unspecified atom stereocenters. The van der Waals surface area contributed by atoms with Crippen LogP contribution in [0.4, 0.5) is 5.69 Å². The maximum absolute atomic E-state index is 12.9. The van der Waals surface area contributed by atoms with E-state index in [1.807, 2.05) is 31.2 Å². The molecule has 1 amide bonds. The van der Waals surface area contributed by atoms with Crippen molar-refractivity contribution in [3.05, 3.63) is 24.3 Å². The molecule has 0 aliphatic carbocycles. The van der Waals surface area contributed by atoms with Crippen molar-refractivity contribution >= 4 is 11.6 Å². The van der Waals surface area contributed by atoms with E-state index < -0.39 is 5.60 Å². The smallest absolute Gasteiger partial charge is 0.256 e. The Bertz CT molecular complexity index is 617. The highest BCUT2D eigenvalue weighted by Crippen LogP contribution is 2.24. The summed E-state index contributed by atoms with van der Waals surface area (Å²) in [5.74, 6) is 1.91. The molecule has 0 saturated carbocycles. The molecule has 5 nitrogen and oxygen atoms in total. The normalized spacial score (nSPS) is 19.7. The summed E-state index contributed by atoms with van der Waals surface area (Å²) >= 11 is 0. The van der Waals surface area contributed by atoms with Crippen molar-refractivity contribution in [1.29, 1.82) is 0 Å². The largest absolute Gasteiger partial charge is 0.492 e. The maximum Gasteiger partial charge on any atom is 0.256 e. The summed E-state index contributed by atoms with van der Waals surface area (Å²) in [5.41, 5.74) is -0.0486. The number of anilines is 1. The highest BCUT2D eigenvalue weighted by molar-refractivity contribution is 5.97. The fraction of sp³-hybridized carbons (Fsp3) is 0.708. The van der Waals surface area contributed by atoms with E-state index in [0.29, 0.717) is 25.6 Å². The number of nitrogens with one attached hydrogen (secondary N) is 1. The van der Waals surface area contributed by atoms with Crippen LogP contribution in [-0.2, 0) is 9.53 Å². The Morgan fingerprint density at radius 2 is 2.00 bits per heavy atom. The van der Waals surface area contributed by atoms with Gasteiger partial charge in [-0.05, 0) is 75.3 Å². The SMILES string of the molecule is CCCOC(C)(CC(C)C)C(=O)Nc1ccc(OCCN2CCCC(C)C2)cc1. The van der Waals surface area contributed by atoms with Gasteiger partial charge in [-0.3, -0.25) is 9.69 Å². The van der Waals surface area contributed by atoms with Gasteiger partial charge in [0.2, 0.25) is 0 Å². The van der Waals surface area contributed by atoms with Gasteiger partial charge in [-0.15, -0.1) is 0 Å². The number of carbonyl (C=O) groups excluding carboxylic acids is 1. The molecule has 0 radical (unpaired) electrons. The Hall–Kier alpha value is -1.59. The monoisotopic (exact) mass is 404 g/mol. The molecule has 0 bridgehead atoms. The first-order valence-electron chi connectivity index (χ1n) is 11.2. The van der Waals surface area contributed by atoms with E-state index in [-0.39, 0.29) is 5.91 Å². The first-order chi connectivity index (χ1) is 13.8. The van der Waals surface area contributed by atoms with Crippen LogP contribution in [0.3, 0.4) is 0 Å². The minimum absolute atomic E-state index is 0.0902. The highest BCUT2D eigenvalue weighted by Gasteiger charge is 2.34. The minimum Gasteiger partial charge on any atom is -0.492 e. The van der Waals surface area contributed by atoms with Gasteiger partial charge in [0.15, 0.2) is 0 Å². The van der Waals surface area contributed by atoms with Gasteiger partial charge in [-0.1, -0.05) is 27.7 Å². The summed E-state index contributed by atoms with van der Waals surface area (Å²) in [5, 5.41) is 3.01. The quantitative estimate of drug-likeness (QED) is 0.566. The zero-order valence-electron chi connectivity index (χ0n) is 19.0. The van der Waals surface area contributed by atoms with Gasteiger partial charge >= 0.3 is 0 Å². The van der Waals surface area contributed by atoms with E-state index in [9.17, 15) is 4.79 Å².